The van der Waals surface area contributed by atoms with Gasteiger partial charge in [-0.1, -0.05) is 12.1 Å². The Morgan fingerprint density at radius 1 is 1.18 bits per heavy atom. The zero-order valence-electron chi connectivity index (χ0n) is 11.4. The SMILES string of the molecule is CC(Cl)C(=O)N(c1ccccn1)c1cccc(C(F)(F)F)n1. The molecule has 0 aromatic carbocycles. The molecule has 0 bridgehead atoms. The van der Waals surface area contributed by atoms with E-state index < -0.39 is 23.2 Å². The van der Waals surface area contributed by atoms with Crippen LogP contribution in [0.5, 0.6) is 0 Å². The highest BCUT2D eigenvalue weighted by Gasteiger charge is 2.34. The van der Waals surface area contributed by atoms with Gasteiger partial charge < -0.3 is 0 Å². The maximum atomic E-state index is 12.8. The molecular formula is C14H11ClF3N3O. The van der Waals surface area contributed by atoms with Crippen molar-refractivity contribution < 1.29 is 18.0 Å². The molecule has 0 aliphatic carbocycles. The van der Waals surface area contributed by atoms with Crippen molar-refractivity contribution in [2.45, 2.75) is 18.5 Å². The summed E-state index contributed by atoms with van der Waals surface area (Å²) in [5, 5.41) is -0.946. The number of nitrogens with zero attached hydrogens (tertiary/aromatic N) is 3. The molecule has 0 saturated heterocycles. The van der Waals surface area contributed by atoms with Gasteiger partial charge in [-0.3, -0.25) is 4.79 Å². The van der Waals surface area contributed by atoms with E-state index in [-0.39, 0.29) is 11.6 Å². The maximum Gasteiger partial charge on any atom is 0.433 e. The molecule has 0 aliphatic heterocycles. The largest absolute Gasteiger partial charge is 0.433 e. The number of alkyl halides is 4. The van der Waals surface area contributed by atoms with Crippen LogP contribution >= 0.6 is 11.6 Å². The molecule has 116 valence electrons. The molecule has 0 N–H and O–H groups in total. The van der Waals surface area contributed by atoms with E-state index in [9.17, 15) is 18.0 Å². The van der Waals surface area contributed by atoms with E-state index in [2.05, 4.69) is 9.97 Å². The molecule has 0 spiro atoms. The molecule has 0 fully saturated rings. The molecule has 1 unspecified atom stereocenters. The summed E-state index contributed by atoms with van der Waals surface area (Å²) in [6.45, 7) is 1.42. The lowest BCUT2D eigenvalue weighted by molar-refractivity contribution is -0.141. The van der Waals surface area contributed by atoms with E-state index in [0.717, 1.165) is 11.0 Å². The lowest BCUT2D eigenvalue weighted by Gasteiger charge is -2.22. The summed E-state index contributed by atoms with van der Waals surface area (Å²) in [5.74, 6) is -0.662. The Morgan fingerprint density at radius 3 is 2.41 bits per heavy atom. The highest BCUT2D eigenvalue weighted by Crippen LogP contribution is 2.30. The topological polar surface area (TPSA) is 46.1 Å². The van der Waals surface area contributed by atoms with Crippen LogP contribution in [0.1, 0.15) is 12.6 Å². The first kappa shape index (κ1) is 16.2. The molecule has 2 heterocycles. The molecule has 4 nitrogen and oxygen atoms in total. The minimum Gasteiger partial charge on any atom is -0.272 e. The Balaban J connectivity index is 2.53. The van der Waals surface area contributed by atoms with E-state index >= 15 is 0 Å². The molecule has 1 atom stereocenters. The lowest BCUT2D eigenvalue weighted by atomic mass is 10.3. The van der Waals surface area contributed by atoms with Gasteiger partial charge in [-0.15, -0.1) is 11.6 Å². The molecule has 2 aromatic heterocycles. The zero-order valence-corrected chi connectivity index (χ0v) is 12.1. The van der Waals surface area contributed by atoms with Crippen LogP contribution in [0.15, 0.2) is 42.6 Å². The van der Waals surface area contributed by atoms with Crippen LogP contribution in [-0.4, -0.2) is 21.3 Å². The quantitative estimate of drug-likeness (QED) is 0.805. The van der Waals surface area contributed by atoms with Crippen LogP contribution in [0.4, 0.5) is 24.8 Å². The highest BCUT2D eigenvalue weighted by molar-refractivity contribution is 6.33. The van der Waals surface area contributed by atoms with Gasteiger partial charge in [0.15, 0.2) is 0 Å². The lowest BCUT2D eigenvalue weighted by Crippen LogP contribution is -2.33. The Bertz CT molecular complexity index is 662. The number of hydrogen-bond acceptors (Lipinski definition) is 3. The first-order valence-corrected chi connectivity index (χ1v) is 6.67. The van der Waals surface area contributed by atoms with Crippen molar-refractivity contribution in [1.29, 1.82) is 0 Å². The summed E-state index contributed by atoms with van der Waals surface area (Å²) in [4.78, 5) is 20.7. The fourth-order valence-corrected chi connectivity index (χ4v) is 1.81. The van der Waals surface area contributed by atoms with Crippen molar-refractivity contribution in [3.63, 3.8) is 0 Å². The van der Waals surface area contributed by atoms with E-state index in [0.29, 0.717) is 0 Å². The van der Waals surface area contributed by atoms with E-state index in [1.54, 1.807) is 12.1 Å². The third-order valence-electron chi connectivity index (χ3n) is 2.69. The number of anilines is 2. The predicted octanol–water partition coefficient (Wildman–Crippen LogP) is 3.79. The summed E-state index contributed by atoms with van der Waals surface area (Å²) in [5.41, 5.74) is -1.10. The van der Waals surface area contributed by atoms with Crippen molar-refractivity contribution >= 4 is 29.1 Å². The number of halogens is 4. The summed E-state index contributed by atoms with van der Waals surface area (Å²) < 4.78 is 38.4. The number of hydrogen-bond donors (Lipinski definition) is 0. The van der Waals surface area contributed by atoms with Gasteiger partial charge in [0.1, 0.15) is 22.7 Å². The van der Waals surface area contributed by atoms with E-state index in [1.807, 2.05) is 0 Å². The number of amides is 1. The van der Waals surface area contributed by atoms with Crippen molar-refractivity contribution in [3.05, 3.63) is 48.3 Å². The van der Waals surface area contributed by atoms with Gasteiger partial charge in [0, 0.05) is 6.20 Å². The van der Waals surface area contributed by atoms with Crippen molar-refractivity contribution in [1.82, 2.24) is 9.97 Å². The molecule has 8 heteroatoms. The molecule has 2 aromatic rings. The maximum absolute atomic E-state index is 12.8. The minimum absolute atomic E-state index is 0.145. The first-order valence-electron chi connectivity index (χ1n) is 6.24. The van der Waals surface area contributed by atoms with Crippen LogP contribution in [0.2, 0.25) is 0 Å². The Kier molecular flexibility index (Phi) is 4.65. The second-order valence-corrected chi connectivity index (χ2v) is 5.01. The van der Waals surface area contributed by atoms with Crippen LogP contribution < -0.4 is 4.90 Å². The number of pyridine rings is 2. The van der Waals surface area contributed by atoms with Gasteiger partial charge in [0.05, 0.1) is 0 Å². The Labute approximate surface area is 129 Å². The number of carbonyl (C=O) groups is 1. The number of carbonyl (C=O) groups excluding carboxylic acids is 1. The predicted molar refractivity (Wildman–Crippen MR) is 75.9 cm³/mol. The second kappa shape index (κ2) is 6.31. The minimum atomic E-state index is -4.61. The number of rotatable bonds is 3. The summed E-state index contributed by atoms with van der Waals surface area (Å²) in [6, 6.07) is 8.01. The third-order valence-corrected chi connectivity index (χ3v) is 2.88. The molecule has 0 aliphatic rings. The van der Waals surface area contributed by atoms with Crippen LogP contribution in [-0.2, 0) is 11.0 Å². The van der Waals surface area contributed by atoms with Gasteiger partial charge >= 0.3 is 6.18 Å². The van der Waals surface area contributed by atoms with E-state index in [1.165, 1.54) is 31.3 Å². The molecule has 0 saturated carbocycles. The fourth-order valence-electron chi connectivity index (χ4n) is 1.71. The first-order chi connectivity index (χ1) is 10.3. The number of aromatic nitrogens is 2. The average Bonchev–Trinajstić information content (AvgIpc) is 2.48. The zero-order chi connectivity index (χ0) is 16.3. The molecule has 1 amide bonds. The molecule has 22 heavy (non-hydrogen) atoms. The monoisotopic (exact) mass is 329 g/mol. The smallest absolute Gasteiger partial charge is 0.272 e. The summed E-state index contributed by atoms with van der Waals surface area (Å²) in [6.07, 6.45) is -3.19. The van der Waals surface area contributed by atoms with Crippen molar-refractivity contribution in [2.75, 3.05) is 4.90 Å². The fraction of sp³-hybridized carbons (Fsp3) is 0.214. The summed E-state index contributed by atoms with van der Waals surface area (Å²) >= 11 is 5.78. The normalized spacial score (nSPS) is 12.8. The standard InChI is InChI=1S/C14H11ClF3N3O/c1-9(15)13(22)21(11-6-2-3-8-19-11)12-7-4-5-10(20-12)14(16,17)18/h2-9H,1H3. The molecule has 0 radical (unpaired) electrons. The Hall–Kier alpha value is -2.15. The van der Waals surface area contributed by atoms with Gasteiger partial charge in [-0.05, 0) is 31.2 Å². The summed E-state index contributed by atoms with van der Waals surface area (Å²) in [7, 11) is 0. The van der Waals surface area contributed by atoms with Crippen LogP contribution in [0.25, 0.3) is 0 Å². The second-order valence-electron chi connectivity index (χ2n) is 4.36. The van der Waals surface area contributed by atoms with Gasteiger partial charge in [0.25, 0.3) is 5.91 Å². The molecule has 2 rings (SSSR count). The molecular weight excluding hydrogens is 319 g/mol. The van der Waals surface area contributed by atoms with Gasteiger partial charge in [-0.25, -0.2) is 14.9 Å². The van der Waals surface area contributed by atoms with Crippen LogP contribution in [0.3, 0.4) is 0 Å². The Morgan fingerprint density at radius 2 is 1.86 bits per heavy atom. The highest BCUT2D eigenvalue weighted by atomic mass is 35.5. The van der Waals surface area contributed by atoms with Gasteiger partial charge in [-0.2, -0.15) is 13.2 Å². The van der Waals surface area contributed by atoms with Gasteiger partial charge in [0.2, 0.25) is 0 Å². The van der Waals surface area contributed by atoms with E-state index in [4.69, 9.17) is 11.6 Å². The van der Waals surface area contributed by atoms with Crippen LogP contribution in [0, 0.1) is 0 Å². The van der Waals surface area contributed by atoms with Crippen molar-refractivity contribution in [3.8, 4) is 0 Å². The third kappa shape index (κ3) is 3.54. The van der Waals surface area contributed by atoms with Crippen molar-refractivity contribution in [2.24, 2.45) is 0 Å². The average molecular weight is 330 g/mol.